The topological polar surface area (TPSA) is 29.5 Å². The number of aliphatic hydroxyl groups is 1. The van der Waals surface area contributed by atoms with E-state index in [0.29, 0.717) is 17.2 Å². The van der Waals surface area contributed by atoms with Crippen LogP contribution in [0, 0.1) is 5.82 Å². The van der Waals surface area contributed by atoms with Crippen LogP contribution in [0.2, 0.25) is 5.02 Å². The van der Waals surface area contributed by atoms with Crippen molar-refractivity contribution in [2.24, 2.45) is 0 Å². The van der Waals surface area contributed by atoms with Crippen molar-refractivity contribution in [1.82, 2.24) is 0 Å². The first-order valence-electron chi connectivity index (χ1n) is 6.90. The Hall–Kier alpha value is -1.42. The van der Waals surface area contributed by atoms with E-state index >= 15 is 0 Å². The van der Waals surface area contributed by atoms with Crippen LogP contribution in [0.25, 0.3) is 0 Å². The Kier molecular flexibility index (Phi) is 5.74. The third-order valence-electron chi connectivity index (χ3n) is 3.26. The third-order valence-corrected chi connectivity index (χ3v) is 3.50. The molecule has 0 heterocycles. The molecule has 0 aliphatic heterocycles. The Morgan fingerprint density at radius 1 is 1.19 bits per heavy atom. The molecular formula is C17H18ClFO2. The van der Waals surface area contributed by atoms with Gasteiger partial charge in [-0.2, -0.15) is 0 Å². The molecule has 2 atom stereocenters. The first-order valence-corrected chi connectivity index (χ1v) is 7.28. The Morgan fingerprint density at radius 2 is 1.90 bits per heavy atom. The highest BCUT2D eigenvalue weighted by Gasteiger charge is 2.23. The quantitative estimate of drug-likeness (QED) is 0.868. The van der Waals surface area contributed by atoms with Crippen molar-refractivity contribution in [3.05, 3.63) is 70.5 Å². The molecule has 2 aromatic rings. The standard InChI is InChI=1S/C17H18ClFO2/c1-2-21-17(12-6-4-3-5-7-12)16(20)11-13-10-14(18)8-9-15(13)19/h3-10,16-17,20H,2,11H2,1H3. The number of rotatable bonds is 6. The first-order chi connectivity index (χ1) is 10.1. The van der Waals surface area contributed by atoms with E-state index in [2.05, 4.69) is 0 Å². The largest absolute Gasteiger partial charge is 0.390 e. The van der Waals surface area contributed by atoms with E-state index < -0.39 is 12.2 Å². The molecule has 0 saturated heterocycles. The second-order valence-electron chi connectivity index (χ2n) is 4.79. The maximum absolute atomic E-state index is 13.8. The Bertz CT molecular complexity index is 574. The Morgan fingerprint density at radius 3 is 2.57 bits per heavy atom. The minimum atomic E-state index is -0.847. The van der Waals surface area contributed by atoms with Crippen LogP contribution in [0.4, 0.5) is 4.39 Å². The van der Waals surface area contributed by atoms with E-state index in [-0.39, 0.29) is 12.2 Å². The second kappa shape index (κ2) is 7.55. The number of hydrogen-bond donors (Lipinski definition) is 1. The molecule has 0 saturated carbocycles. The molecule has 0 radical (unpaired) electrons. The average Bonchev–Trinajstić information content (AvgIpc) is 2.49. The number of halogens is 2. The molecular weight excluding hydrogens is 291 g/mol. The minimum Gasteiger partial charge on any atom is -0.390 e. The van der Waals surface area contributed by atoms with Gasteiger partial charge in [0.25, 0.3) is 0 Å². The fourth-order valence-corrected chi connectivity index (χ4v) is 2.48. The molecule has 112 valence electrons. The van der Waals surface area contributed by atoms with Gasteiger partial charge in [0.2, 0.25) is 0 Å². The van der Waals surface area contributed by atoms with E-state index in [1.165, 1.54) is 18.2 Å². The second-order valence-corrected chi connectivity index (χ2v) is 5.23. The number of benzene rings is 2. The van der Waals surface area contributed by atoms with E-state index in [1.807, 2.05) is 37.3 Å². The highest BCUT2D eigenvalue weighted by Crippen LogP contribution is 2.25. The summed E-state index contributed by atoms with van der Waals surface area (Å²) in [6.07, 6.45) is -1.19. The SMILES string of the molecule is CCOC(c1ccccc1)C(O)Cc1cc(Cl)ccc1F. The van der Waals surface area contributed by atoms with Gasteiger partial charge < -0.3 is 9.84 Å². The van der Waals surface area contributed by atoms with E-state index in [0.717, 1.165) is 5.56 Å². The smallest absolute Gasteiger partial charge is 0.126 e. The molecule has 0 spiro atoms. The Labute approximate surface area is 129 Å². The first kappa shape index (κ1) is 16.0. The van der Waals surface area contributed by atoms with Crippen LogP contribution < -0.4 is 0 Å². The lowest BCUT2D eigenvalue weighted by atomic mass is 9.98. The third kappa shape index (κ3) is 4.27. The lowest BCUT2D eigenvalue weighted by Crippen LogP contribution is -2.24. The van der Waals surface area contributed by atoms with Gasteiger partial charge >= 0.3 is 0 Å². The lowest BCUT2D eigenvalue weighted by molar-refractivity contribution is -0.0342. The summed E-state index contributed by atoms with van der Waals surface area (Å²) in [5.74, 6) is -0.373. The van der Waals surface area contributed by atoms with E-state index in [4.69, 9.17) is 16.3 Å². The monoisotopic (exact) mass is 308 g/mol. The maximum atomic E-state index is 13.8. The van der Waals surface area contributed by atoms with Gasteiger partial charge in [-0.1, -0.05) is 41.9 Å². The van der Waals surface area contributed by atoms with Crippen LogP contribution in [0.15, 0.2) is 48.5 Å². The molecule has 0 amide bonds. The van der Waals surface area contributed by atoms with Gasteiger partial charge in [0.15, 0.2) is 0 Å². The van der Waals surface area contributed by atoms with Crippen LogP contribution in [-0.2, 0) is 11.2 Å². The van der Waals surface area contributed by atoms with E-state index in [9.17, 15) is 9.50 Å². The molecule has 0 aliphatic rings. The minimum absolute atomic E-state index is 0.145. The van der Waals surface area contributed by atoms with Crippen LogP contribution in [-0.4, -0.2) is 17.8 Å². The van der Waals surface area contributed by atoms with Crippen molar-refractivity contribution in [3.63, 3.8) is 0 Å². The van der Waals surface area contributed by atoms with Crippen LogP contribution in [0.1, 0.15) is 24.2 Å². The molecule has 0 bridgehead atoms. The van der Waals surface area contributed by atoms with Gasteiger partial charge in [0.05, 0.1) is 6.10 Å². The molecule has 2 rings (SSSR count). The summed E-state index contributed by atoms with van der Waals surface area (Å²) in [6.45, 7) is 2.33. The Balaban J connectivity index is 2.19. The summed E-state index contributed by atoms with van der Waals surface area (Å²) < 4.78 is 19.4. The summed E-state index contributed by atoms with van der Waals surface area (Å²) in [7, 11) is 0. The predicted octanol–water partition coefficient (Wildman–Crippen LogP) is 4.16. The van der Waals surface area contributed by atoms with Crippen molar-refractivity contribution >= 4 is 11.6 Å². The van der Waals surface area contributed by atoms with Gasteiger partial charge in [0.1, 0.15) is 11.9 Å². The number of hydrogen-bond acceptors (Lipinski definition) is 2. The molecule has 1 N–H and O–H groups in total. The summed E-state index contributed by atoms with van der Waals surface area (Å²) in [5.41, 5.74) is 1.25. The molecule has 0 aliphatic carbocycles. The molecule has 0 fully saturated rings. The van der Waals surface area contributed by atoms with Crippen molar-refractivity contribution in [1.29, 1.82) is 0 Å². The maximum Gasteiger partial charge on any atom is 0.126 e. The van der Waals surface area contributed by atoms with E-state index in [1.54, 1.807) is 0 Å². The highest BCUT2D eigenvalue weighted by molar-refractivity contribution is 6.30. The zero-order valence-corrected chi connectivity index (χ0v) is 12.6. The molecule has 2 unspecified atom stereocenters. The van der Waals surface area contributed by atoms with Gasteiger partial charge in [0, 0.05) is 18.1 Å². The number of aliphatic hydroxyl groups excluding tert-OH is 1. The van der Waals surface area contributed by atoms with Crippen molar-refractivity contribution in [2.45, 2.75) is 25.6 Å². The fraction of sp³-hybridized carbons (Fsp3) is 0.294. The van der Waals surface area contributed by atoms with Crippen LogP contribution >= 0.6 is 11.6 Å². The molecule has 2 nitrogen and oxygen atoms in total. The van der Waals surface area contributed by atoms with Gasteiger partial charge in [-0.3, -0.25) is 0 Å². The zero-order valence-electron chi connectivity index (χ0n) is 11.8. The molecule has 2 aromatic carbocycles. The average molecular weight is 309 g/mol. The molecule has 21 heavy (non-hydrogen) atoms. The predicted molar refractivity (Wildman–Crippen MR) is 81.9 cm³/mol. The fourth-order valence-electron chi connectivity index (χ4n) is 2.28. The van der Waals surface area contributed by atoms with Crippen molar-refractivity contribution in [2.75, 3.05) is 6.61 Å². The van der Waals surface area contributed by atoms with Gasteiger partial charge in [-0.05, 0) is 36.2 Å². The van der Waals surface area contributed by atoms with Gasteiger partial charge in [-0.15, -0.1) is 0 Å². The van der Waals surface area contributed by atoms with Gasteiger partial charge in [-0.25, -0.2) is 4.39 Å². The molecule has 0 aromatic heterocycles. The normalized spacial score (nSPS) is 13.9. The van der Waals surface area contributed by atoms with Crippen LogP contribution in [0.5, 0.6) is 0 Å². The summed E-state index contributed by atoms with van der Waals surface area (Å²) in [4.78, 5) is 0. The molecule has 4 heteroatoms. The van der Waals surface area contributed by atoms with Crippen LogP contribution in [0.3, 0.4) is 0 Å². The summed E-state index contributed by atoms with van der Waals surface area (Å²) in [6, 6.07) is 13.8. The van der Waals surface area contributed by atoms with Crippen molar-refractivity contribution in [3.8, 4) is 0 Å². The lowest BCUT2D eigenvalue weighted by Gasteiger charge is -2.23. The zero-order chi connectivity index (χ0) is 15.2. The van der Waals surface area contributed by atoms with Crippen molar-refractivity contribution < 1.29 is 14.2 Å². The number of ether oxygens (including phenoxy) is 1. The summed E-state index contributed by atoms with van der Waals surface area (Å²) >= 11 is 5.88. The summed E-state index contributed by atoms with van der Waals surface area (Å²) in [5, 5.41) is 10.9. The highest BCUT2D eigenvalue weighted by atomic mass is 35.5.